The van der Waals surface area contributed by atoms with Gasteiger partial charge in [0.1, 0.15) is 5.82 Å². The van der Waals surface area contributed by atoms with E-state index in [2.05, 4.69) is 5.32 Å². The van der Waals surface area contributed by atoms with Gasteiger partial charge < -0.3 is 5.32 Å². The van der Waals surface area contributed by atoms with Gasteiger partial charge in [0.2, 0.25) is 0 Å². The summed E-state index contributed by atoms with van der Waals surface area (Å²) in [7, 11) is 1.59. The zero-order valence-corrected chi connectivity index (χ0v) is 12.0. The van der Waals surface area contributed by atoms with E-state index in [9.17, 15) is 17.6 Å². The summed E-state index contributed by atoms with van der Waals surface area (Å²) in [5.74, 6) is -0.449. The molecule has 0 saturated heterocycles. The summed E-state index contributed by atoms with van der Waals surface area (Å²) < 4.78 is 52.7. The van der Waals surface area contributed by atoms with Crippen molar-refractivity contribution >= 4 is 11.8 Å². The van der Waals surface area contributed by atoms with Gasteiger partial charge in [-0.15, -0.1) is 0 Å². The Balaban J connectivity index is 2.36. The third-order valence-corrected chi connectivity index (χ3v) is 3.86. The normalized spacial score (nSPS) is 11.7. The van der Waals surface area contributed by atoms with Crippen LogP contribution in [0.5, 0.6) is 0 Å². The largest absolute Gasteiger partial charge is 0.416 e. The first kappa shape index (κ1) is 15.9. The predicted molar refractivity (Wildman–Crippen MR) is 74.7 cm³/mol. The van der Waals surface area contributed by atoms with Crippen LogP contribution < -0.4 is 5.32 Å². The van der Waals surface area contributed by atoms with Gasteiger partial charge in [-0.1, -0.05) is 30.0 Å². The van der Waals surface area contributed by atoms with Crippen molar-refractivity contribution < 1.29 is 17.6 Å². The van der Waals surface area contributed by atoms with Gasteiger partial charge in [0.25, 0.3) is 0 Å². The molecule has 0 saturated carbocycles. The molecule has 2 rings (SSSR count). The minimum Gasteiger partial charge on any atom is -0.316 e. The van der Waals surface area contributed by atoms with Crippen LogP contribution >= 0.6 is 11.8 Å². The molecule has 0 aromatic heterocycles. The van der Waals surface area contributed by atoms with E-state index in [-0.39, 0.29) is 12.1 Å². The number of hydrogen-bond acceptors (Lipinski definition) is 2. The van der Waals surface area contributed by atoms with Crippen LogP contribution in [-0.2, 0) is 12.7 Å². The SMILES string of the molecule is CNCc1ccc(Sc2ccccc2F)cc1C(F)(F)F. The van der Waals surface area contributed by atoms with Crippen molar-refractivity contribution in [3.8, 4) is 0 Å². The highest BCUT2D eigenvalue weighted by atomic mass is 32.2. The van der Waals surface area contributed by atoms with Crippen LogP contribution in [0, 0.1) is 5.82 Å². The molecule has 0 atom stereocenters. The maximum Gasteiger partial charge on any atom is 0.416 e. The van der Waals surface area contributed by atoms with E-state index in [0.29, 0.717) is 9.79 Å². The lowest BCUT2D eigenvalue weighted by molar-refractivity contribution is -0.138. The average Bonchev–Trinajstić information content (AvgIpc) is 2.42. The summed E-state index contributed by atoms with van der Waals surface area (Å²) in [5.41, 5.74) is -0.527. The van der Waals surface area contributed by atoms with Gasteiger partial charge in [-0.25, -0.2) is 4.39 Å². The second kappa shape index (κ2) is 6.49. The smallest absolute Gasteiger partial charge is 0.316 e. The third-order valence-electron chi connectivity index (χ3n) is 2.82. The van der Waals surface area contributed by atoms with Crippen LogP contribution in [0.25, 0.3) is 0 Å². The van der Waals surface area contributed by atoms with E-state index in [4.69, 9.17) is 0 Å². The Bertz CT molecular complexity index is 625. The molecule has 0 aliphatic carbocycles. The number of benzene rings is 2. The Morgan fingerprint density at radius 3 is 2.43 bits per heavy atom. The van der Waals surface area contributed by atoms with Gasteiger partial charge in [0.15, 0.2) is 0 Å². The molecule has 0 heterocycles. The molecule has 6 heteroatoms. The molecule has 0 bridgehead atoms. The Morgan fingerprint density at radius 2 is 1.81 bits per heavy atom. The molecule has 0 fully saturated rings. The Morgan fingerprint density at radius 1 is 1.10 bits per heavy atom. The predicted octanol–water partition coefficient (Wildman–Crippen LogP) is 4.72. The Hall–Kier alpha value is -1.53. The second-order valence-electron chi connectivity index (χ2n) is 4.38. The van der Waals surface area contributed by atoms with Crippen LogP contribution in [-0.4, -0.2) is 7.05 Å². The summed E-state index contributed by atoms with van der Waals surface area (Å²) >= 11 is 0.976. The van der Waals surface area contributed by atoms with Gasteiger partial charge in [-0.3, -0.25) is 0 Å². The van der Waals surface area contributed by atoms with E-state index >= 15 is 0 Å². The van der Waals surface area contributed by atoms with Gasteiger partial charge in [0.05, 0.1) is 5.56 Å². The fourth-order valence-electron chi connectivity index (χ4n) is 1.88. The summed E-state index contributed by atoms with van der Waals surface area (Å²) in [5, 5.41) is 2.71. The second-order valence-corrected chi connectivity index (χ2v) is 5.49. The van der Waals surface area contributed by atoms with Crippen LogP contribution in [0.15, 0.2) is 52.3 Å². The monoisotopic (exact) mass is 315 g/mol. The fourth-order valence-corrected chi connectivity index (χ4v) is 2.76. The van der Waals surface area contributed by atoms with Gasteiger partial charge in [0, 0.05) is 16.3 Å². The minimum absolute atomic E-state index is 0.124. The molecule has 0 aliphatic heterocycles. The van der Waals surface area contributed by atoms with Crippen LogP contribution in [0.1, 0.15) is 11.1 Å². The standard InChI is InChI=1S/C15H13F4NS/c1-20-9-10-6-7-11(8-12(10)15(17,18)19)21-14-5-3-2-4-13(14)16/h2-8,20H,9H2,1H3. The lowest BCUT2D eigenvalue weighted by atomic mass is 10.1. The highest BCUT2D eigenvalue weighted by Gasteiger charge is 2.33. The molecule has 2 aromatic rings. The van der Waals surface area contributed by atoms with Crippen molar-refractivity contribution in [2.75, 3.05) is 7.05 Å². The molecule has 0 radical (unpaired) electrons. The van der Waals surface area contributed by atoms with Crippen molar-refractivity contribution in [2.24, 2.45) is 0 Å². The molecule has 21 heavy (non-hydrogen) atoms. The number of halogens is 4. The van der Waals surface area contributed by atoms with Gasteiger partial charge in [-0.05, 0) is 36.9 Å². The van der Waals surface area contributed by atoms with E-state index in [0.717, 1.165) is 17.8 Å². The van der Waals surface area contributed by atoms with Crippen molar-refractivity contribution in [3.63, 3.8) is 0 Å². The van der Waals surface area contributed by atoms with E-state index in [1.165, 1.54) is 24.3 Å². The fraction of sp³-hybridized carbons (Fsp3) is 0.200. The average molecular weight is 315 g/mol. The Labute approximate surface area is 124 Å². The zero-order valence-electron chi connectivity index (χ0n) is 11.2. The third kappa shape index (κ3) is 3.98. The number of nitrogens with one attached hydrogen (secondary N) is 1. The summed E-state index contributed by atoms with van der Waals surface area (Å²) in [6.45, 7) is 0.124. The summed E-state index contributed by atoms with van der Waals surface area (Å²) in [6, 6.07) is 10.0. The van der Waals surface area contributed by atoms with Crippen LogP contribution in [0.4, 0.5) is 17.6 Å². The van der Waals surface area contributed by atoms with Gasteiger partial charge in [-0.2, -0.15) is 13.2 Å². The molecule has 0 aliphatic rings. The quantitative estimate of drug-likeness (QED) is 0.820. The first-order valence-corrected chi connectivity index (χ1v) is 7.00. The molecule has 0 unspecified atom stereocenters. The number of rotatable bonds is 4. The number of hydrogen-bond donors (Lipinski definition) is 1. The van der Waals surface area contributed by atoms with Crippen molar-refractivity contribution in [1.82, 2.24) is 5.32 Å². The lowest BCUT2D eigenvalue weighted by Gasteiger charge is -2.14. The Kier molecular flexibility index (Phi) is 4.90. The van der Waals surface area contributed by atoms with E-state index in [1.807, 2.05) is 0 Å². The summed E-state index contributed by atoms with van der Waals surface area (Å²) in [4.78, 5) is 0.652. The molecular weight excluding hydrogens is 302 g/mol. The topological polar surface area (TPSA) is 12.0 Å². The number of alkyl halides is 3. The van der Waals surface area contributed by atoms with E-state index in [1.54, 1.807) is 19.2 Å². The molecule has 2 aromatic carbocycles. The maximum absolute atomic E-state index is 13.6. The molecule has 1 N–H and O–H groups in total. The van der Waals surface area contributed by atoms with Crippen molar-refractivity contribution in [1.29, 1.82) is 0 Å². The van der Waals surface area contributed by atoms with E-state index < -0.39 is 17.6 Å². The van der Waals surface area contributed by atoms with Crippen LogP contribution in [0.3, 0.4) is 0 Å². The van der Waals surface area contributed by atoms with Gasteiger partial charge >= 0.3 is 6.18 Å². The molecule has 112 valence electrons. The maximum atomic E-state index is 13.6. The first-order chi connectivity index (χ1) is 9.91. The highest BCUT2D eigenvalue weighted by Crippen LogP contribution is 2.37. The molecule has 0 amide bonds. The highest BCUT2D eigenvalue weighted by molar-refractivity contribution is 7.99. The minimum atomic E-state index is -4.43. The zero-order chi connectivity index (χ0) is 15.5. The molecular formula is C15H13F4NS. The van der Waals surface area contributed by atoms with Crippen LogP contribution in [0.2, 0.25) is 0 Å². The summed E-state index contributed by atoms with van der Waals surface area (Å²) in [6.07, 6.45) is -4.43. The molecule has 1 nitrogen and oxygen atoms in total. The first-order valence-electron chi connectivity index (χ1n) is 6.19. The lowest BCUT2D eigenvalue weighted by Crippen LogP contribution is -2.14. The molecule has 0 spiro atoms. The van der Waals surface area contributed by atoms with Crippen molar-refractivity contribution in [2.45, 2.75) is 22.5 Å². The van der Waals surface area contributed by atoms with Crippen molar-refractivity contribution in [3.05, 3.63) is 59.4 Å².